The van der Waals surface area contributed by atoms with Crippen LogP contribution in [0.3, 0.4) is 0 Å². The molecule has 1 atom stereocenters. The second-order valence-corrected chi connectivity index (χ2v) is 7.33. The van der Waals surface area contributed by atoms with E-state index < -0.39 is 0 Å². The van der Waals surface area contributed by atoms with Crippen LogP contribution in [0.4, 0.5) is 0 Å². The van der Waals surface area contributed by atoms with Gasteiger partial charge >= 0.3 is 0 Å². The second kappa shape index (κ2) is 7.63. The van der Waals surface area contributed by atoms with E-state index in [2.05, 4.69) is 25.3 Å². The van der Waals surface area contributed by atoms with Gasteiger partial charge in [0, 0.05) is 12.7 Å². The summed E-state index contributed by atoms with van der Waals surface area (Å²) < 4.78 is 5.48. The number of hydrogen-bond donors (Lipinski definition) is 1. The molecule has 0 radical (unpaired) electrons. The van der Waals surface area contributed by atoms with E-state index >= 15 is 0 Å². The summed E-state index contributed by atoms with van der Waals surface area (Å²) in [5.41, 5.74) is 2.45. The van der Waals surface area contributed by atoms with Gasteiger partial charge < -0.3 is 14.5 Å². The predicted molar refractivity (Wildman–Crippen MR) is 108 cm³/mol. The SMILES string of the molecule is Cc1ccc(-n2nccn2)c(C(=O)N2CCCC2c2nc(-c3cccnc3O)no2)c1. The number of carbonyl (C=O) groups excluding carboxylic acids is 1. The Balaban J connectivity index is 1.48. The summed E-state index contributed by atoms with van der Waals surface area (Å²) in [6.45, 7) is 2.50. The molecule has 1 unspecified atom stereocenters. The van der Waals surface area contributed by atoms with Crippen molar-refractivity contribution in [3.63, 3.8) is 0 Å². The minimum absolute atomic E-state index is 0.150. The number of amides is 1. The van der Waals surface area contributed by atoms with Crippen molar-refractivity contribution in [1.82, 2.24) is 35.0 Å². The number of pyridine rings is 1. The lowest BCUT2D eigenvalue weighted by molar-refractivity contribution is 0.0709. The summed E-state index contributed by atoms with van der Waals surface area (Å²) in [7, 11) is 0. The number of aryl methyl sites for hydroxylation is 1. The highest BCUT2D eigenvalue weighted by molar-refractivity contribution is 5.98. The number of aromatic nitrogens is 6. The summed E-state index contributed by atoms with van der Waals surface area (Å²) in [4.78, 5) is 25.0. The molecule has 0 aliphatic carbocycles. The van der Waals surface area contributed by atoms with Crippen LogP contribution < -0.4 is 0 Å². The van der Waals surface area contributed by atoms with Crippen molar-refractivity contribution in [2.75, 3.05) is 6.54 Å². The molecule has 3 aromatic heterocycles. The van der Waals surface area contributed by atoms with Crippen LogP contribution in [-0.2, 0) is 0 Å². The monoisotopic (exact) mass is 417 g/mol. The van der Waals surface area contributed by atoms with E-state index in [1.807, 2.05) is 25.1 Å². The van der Waals surface area contributed by atoms with E-state index in [0.29, 0.717) is 35.7 Å². The maximum atomic E-state index is 13.5. The number of carbonyl (C=O) groups is 1. The van der Waals surface area contributed by atoms with E-state index in [9.17, 15) is 9.90 Å². The highest BCUT2D eigenvalue weighted by Gasteiger charge is 2.36. The van der Waals surface area contributed by atoms with Crippen molar-refractivity contribution >= 4 is 5.91 Å². The van der Waals surface area contributed by atoms with Gasteiger partial charge in [-0.25, -0.2) is 4.98 Å². The van der Waals surface area contributed by atoms with Crippen molar-refractivity contribution in [2.45, 2.75) is 25.8 Å². The molecular weight excluding hydrogens is 398 g/mol. The Hall–Kier alpha value is -4.08. The maximum absolute atomic E-state index is 13.5. The van der Waals surface area contributed by atoms with Crippen molar-refractivity contribution in [1.29, 1.82) is 0 Å². The first-order valence-electron chi connectivity index (χ1n) is 9.88. The predicted octanol–water partition coefficient (Wildman–Crippen LogP) is 2.70. The first kappa shape index (κ1) is 18.9. The van der Waals surface area contributed by atoms with Crippen molar-refractivity contribution in [3.8, 4) is 23.0 Å². The van der Waals surface area contributed by atoms with Crippen molar-refractivity contribution in [2.24, 2.45) is 0 Å². The van der Waals surface area contributed by atoms with Crippen LogP contribution in [-0.4, -0.2) is 52.6 Å². The molecule has 156 valence electrons. The van der Waals surface area contributed by atoms with Crippen molar-refractivity contribution in [3.05, 3.63) is 65.9 Å². The molecule has 31 heavy (non-hydrogen) atoms. The summed E-state index contributed by atoms with van der Waals surface area (Å²) in [6.07, 6.45) is 6.13. The molecule has 0 spiro atoms. The summed E-state index contributed by atoms with van der Waals surface area (Å²) in [5, 5.41) is 22.3. The Labute approximate surface area is 177 Å². The molecule has 4 heterocycles. The molecule has 1 aliphatic rings. The van der Waals surface area contributed by atoms with Gasteiger partial charge in [-0.3, -0.25) is 4.79 Å². The topological polar surface area (TPSA) is 123 Å². The molecule has 10 nitrogen and oxygen atoms in total. The van der Waals surface area contributed by atoms with Gasteiger partial charge in [-0.05, 0) is 44.0 Å². The third kappa shape index (κ3) is 3.41. The van der Waals surface area contributed by atoms with Gasteiger partial charge in [0.15, 0.2) is 0 Å². The fourth-order valence-electron chi connectivity index (χ4n) is 3.81. The quantitative estimate of drug-likeness (QED) is 0.538. The minimum Gasteiger partial charge on any atom is -0.493 e. The zero-order valence-corrected chi connectivity index (χ0v) is 16.7. The van der Waals surface area contributed by atoms with Gasteiger partial charge in [0.1, 0.15) is 6.04 Å². The summed E-state index contributed by atoms with van der Waals surface area (Å²) in [6, 6.07) is 8.57. The van der Waals surface area contributed by atoms with E-state index in [0.717, 1.165) is 12.0 Å². The Bertz CT molecular complexity index is 1240. The highest BCUT2D eigenvalue weighted by atomic mass is 16.5. The van der Waals surface area contributed by atoms with Crippen LogP contribution in [0.25, 0.3) is 17.1 Å². The van der Waals surface area contributed by atoms with E-state index in [1.54, 1.807) is 29.4 Å². The van der Waals surface area contributed by atoms with Gasteiger partial charge in [-0.15, -0.1) is 0 Å². The molecule has 0 bridgehead atoms. The lowest BCUT2D eigenvalue weighted by Gasteiger charge is -2.23. The standard InChI is InChI=1S/C21H19N7O3/c1-13-6-7-16(28-23-9-10-24-28)15(12-13)21(30)27-11-3-5-17(27)20-25-18(26-31-20)14-4-2-8-22-19(14)29/h2,4,6-10,12,17H,3,5,11H2,1H3,(H,22,29). The number of rotatable bonds is 4. The Kier molecular flexibility index (Phi) is 4.66. The lowest BCUT2D eigenvalue weighted by atomic mass is 10.1. The third-order valence-electron chi connectivity index (χ3n) is 5.28. The summed E-state index contributed by atoms with van der Waals surface area (Å²) in [5.74, 6) is 0.236. The smallest absolute Gasteiger partial charge is 0.256 e. The van der Waals surface area contributed by atoms with Crippen LogP contribution in [0.5, 0.6) is 5.88 Å². The molecule has 4 aromatic rings. The fourth-order valence-corrected chi connectivity index (χ4v) is 3.81. The van der Waals surface area contributed by atoms with Crippen LogP contribution >= 0.6 is 0 Å². The molecule has 1 fully saturated rings. The first-order valence-corrected chi connectivity index (χ1v) is 9.88. The van der Waals surface area contributed by atoms with Gasteiger partial charge in [-0.2, -0.15) is 20.0 Å². The number of benzene rings is 1. The van der Waals surface area contributed by atoms with Crippen LogP contribution in [0.2, 0.25) is 0 Å². The highest BCUT2D eigenvalue weighted by Crippen LogP contribution is 2.35. The Morgan fingerprint density at radius 2 is 2.03 bits per heavy atom. The zero-order valence-electron chi connectivity index (χ0n) is 16.7. The number of likely N-dealkylation sites (tertiary alicyclic amines) is 1. The maximum Gasteiger partial charge on any atom is 0.256 e. The molecule has 1 aromatic carbocycles. The fraction of sp³-hybridized carbons (Fsp3) is 0.238. The van der Waals surface area contributed by atoms with Gasteiger partial charge in [-0.1, -0.05) is 16.8 Å². The number of nitrogens with zero attached hydrogens (tertiary/aromatic N) is 7. The largest absolute Gasteiger partial charge is 0.493 e. The number of hydrogen-bond acceptors (Lipinski definition) is 8. The Morgan fingerprint density at radius 3 is 2.84 bits per heavy atom. The molecule has 1 aliphatic heterocycles. The molecule has 0 saturated carbocycles. The molecule has 1 N–H and O–H groups in total. The van der Waals surface area contributed by atoms with Gasteiger partial charge in [0.05, 0.1) is 29.2 Å². The molecule has 5 rings (SSSR count). The van der Waals surface area contributed by atoms with E-state index in [1.165, 1.54) is 11.0 Å². The Morgan fingerprint density at radius 1 is 1.19 bits per heavy atom. The average molecular weight is 417 g/mol. The van der Waals surface area contributed by atoms with Crippen molar-refractivity contribution < 1.29 is 14.4 Å². The van der Waals surface area contributed by atoms with Gasteiger partial charge in [0.25, 0.3) is 5.91 Å². The minimum atomic E-state index is -0.355. The zero-order chi connectivity index (χ0) is 21.4. The molecule has 10 heteroatoms. The third-order valence-corrected chi connectivity index (χ3v) is 5.28. The molecule has 1 amide bonds. The van der Waals surface area contributed by atoms with Crippen LogP contribution in [0.15, 0.2) is 53.4 Å². The summed E-state index contributed by atoms with van der Waals surface area (Å²) >= 11 is 0. The molecular formula is C21H19N7O3. The average Bonchev–Trinajstić information content (AvgIpc) is 3.54. The first-order chi connectivity index (χ1) is 15.1. The normalized spacial score (nSPS) is 16.0. The van der Waals surface area contributed by atoms with Crippen LogP contribution in [0, 0.1) is 6.92 Å². The molecule has 1 saturated heterocycles. The number of aromatic hydroxyl groups is 1. The second-order valence-electron chi connectivity index (χ2n) is 7.33. The van der Waals surface area contributed by atoms with E-state index in [4.69, 9.17) is 4.52 Å². The van der Waals surface area contributed by atoms with Gasteiger partial charge in [0.2, 0.25) is 17.6 Å². The lowest BCUT2D eigenvalue weighted by Crippen LogP contribution is -2.31. The van der Waals surface area contributed by atoms with Crippen LogP contribution in [0.1, 0.15) is 40.7 Å². The van der Waals surface area contributed by atoms with E-state index in [-0.39, 0.29) is 23.7 Å².